The van der Waals surface area contributed by atoms with E-state index in [-0.39, 0.29) is 0 Å². The van der Waals surface area contributed by atoms with Gasteiger partial charge in [-0.25, -0.2) is 5.43 Å². The molecule has 0 amide bonds. The van der Waals surface area contributed by atoms with Crippen molar-refractivity contribution in [3.8, 4) is 0 Å². The van der Waals surface area contributed by atoms with Gasteiger partial charge in [-0.3, -0.25) is 0 Å². The van der Waals surface area contributed by atoms with E-state index in [4.69, 9.17) is 0 Å². The highest BCUT2D eigenvalue weighted by Crippen LogP contribution is 1.56. The van der Waals surface area contributed by atoms with Crippen LogP contribution in [0.15, 0.2) is 0 Å². The highest BCUT2D eigenvalue weighted by molar-refractivity contribution is 14.1. The molecular formula is C2H7IN2. The van der Waals surface area contributed by atoms with E-state index in [1.165, 1.54) is 0 Å². The van der Waals surface area contributed by atoms with E-state index in [0.717, 1.165) is 6.54 Å². The van der Waals surface area contributed by atoms with Gasteiger partial charge in [-0.05, 0) is 0 Å². The predicted octanol–water partition coefficient (Wildman–Crippen LogP) is 0.450. The molecule has 3 heteroatoms. The van der Waals surface area contributed by atoms with Gasteiger partial charge in [-0.15, -0.1) is 0 Å². The van der Waals surface area contributed by atoms with Crippen molar-refractivity contribution in [1.82, 2.24) is 9.06 Å². The Bertz CT molecular complexity index is 15.1. The van der Waals surface area contributed by atoms with E-state index in [1.54, 1.807) is 0 Å². The minimum atomic E-state index is 0.975. The number of rotatable bonds is 2. The lowest BCUT2D eigenvalue weighted by molar-refractivity contribution is 0.743. The van der Waals surface area contributed by atoms with Gasteiger partial charge in [0.25, 0.3) is 0 Å². The Hall–Kier alpha value is 0.650. The first-order valence-electron chi connectivity index (χ1n) is 1.50. The Morgan fingerprint density at radius 3 is 2.40 bits per heavy atom. The van der Waals surface area contributed by atoms with Crippen LogP contribution in [0.2, 0.25) is 0 Å². The van der Waals surface area contributed by atoms with Crippen LogP contribution in [-0.4, -0.2) is 6.54 Å². The van der Waals surface area contributed by atoms with Crippen LogP contribution in [0.4, 0.5) is 0 Å². The lowest BCUT2D eigenvalue weighted by atomic mass is 10.8. The first kappa shape index (κ1) is 5.65. The third kappa shape index (κ3) is 4.65. The molecular weight excluding hydrogens is 179 g/mol. The van der Waals surface area contributed by atoms with Gasteiger partial charge < -0.3 is 0 Å². The van der Waals surface area contributed by atoms with E-state index < -0.39 is 0 Å². The van der Waals surface area contributed by atoms with Crippen LogP contribution in [0.3, 0.4) is 0 Å². The van der Waals surface area contributed by atoms with Crippen LogP contribution in [0.5, 0.6) is 0 Å². The van der Waals surface area contributed by atoms with Crippen LogP contribution >= 0.6 is 22.9 Å². The topological polar surface area (TPSA) is 24.1 Å². The van der Waals surface area contributed by atoms with Gasteiger partial charge in [0.2, 0.25) is 0 Å². The maximum atomic E-state index is 2.85. The molecule has 0 atom stereocenters. The fourth-order valence-electron chi connectivity index (χ4n) is 0.0668. The van der Waals surface area contributed by atoms with Gasteiger partial charge in [0.05, 0.1) is 0 Å². The molecule has 0 radical (unpaired) electrons. The Balaban J connectivity index is 2.19. The van der Waals surface area contributed by atoms with Crippen molar-refractivity contribution in [1.29, 1.82) is 0 Å². The third-order valence-corrected chi connectivity index (χ3v) is 0.625. The Morgan fingerprint density at radius 1 is 1.80 bits per heavy atom. The Morgan fingerprint density at radius 2 is 2.40 bits per heavy atom. The molecule has 0 saturated heterocycles. The fraction of sp³-hybridized carbons (Fsp3) is 1.00. The van der Waals surface area contributed by atoms with E-state index in [0.29, 0.717) is 0 Å². The van der Waals surface area contributed by atoms with Crippen molar-refractivity contribution in [2.45, 2.75) is 6.92 Å². The third-order valence-electron chi connectivity index (χ3n) is 0.244. The molecule has 5 heavy (non-hydrogen) atoms. The van der Waals surface area contributed by atoms with Crippen LogP contribution in [0.1, 0.15) is 6.92 Å². The minimum Gasteiger partial charge on any atom is -0.249 e. The summed E-state index contributed by atoms with van der Waals surface area (Å²) in [6.45, 7) is 3.01. The van der Waals surface area contributed by atoms with Crippen LogP contribution < -0.4 is 9.06 Å². The number of halogens is 1. The molecule has 0 spiro atoms. The zero-order chi connectivity index (χ0) is 4.12. The maximum absolute atomic E-state index is 2.85. The fourth-order valence-corrected chi connectivity index (χ4v) is 0.448. The molecule has 0 heterocycles. The summed E-state index contributed by atoms with van der Waals surface area (Å²) in [5.74, 6) is 0. The zero-order valence-electron chi connectivity index (χ0n) is 3.09. The van der Waals surface area contributed by atoms with Gasteiger partial charge >= 0.3 is 0 Å². The molecule has 0 saturated carbocycles. The molecule has 0 fully saturated rings. The summed E-state index contributed by atoms with van der Waals surface area (Å²) in [7, 11) is 0. The minimum absolute atomic E-state index is 0.975. The van der Waals surface area contributed by atoms with E-state index in [9.17, 15) is 0 Å². The molecule has 2 nitrogen and oxygen atoms in total. The molecule has 0 aromatic heterocycles. The van der Waals surface area contributed by atoms with Crippen molar-refractivity contribution in [2.24, 2.45) is 0 Å². The van der Waals surface area contributed by atoms with Crippen LogP contribution in [0.25, 0.3) is 0 Å². The molecule has 0 aliphatic heterocycles. The number of hydrazine groups is 1. The summed E-state index contributed by atoms with van der Waals surface area (Å²) >= 11 is 2.03. The van der Waals surface area contributed by atoms with Gasteiger partial charge in [0.1, 0.15) is 0 Å². The summed E-state index contributed by atoms with van der Waals surface area (Å²) in [4.78, 5) is 0. The number of nitrogens with one attached hydrogen (secondary N) is 2. The van der Waals surface area contributed by atoms with E-state index in [2.05, 4.69) is 9.06 Å². The molecule has 0 rings (SSSR count). The number of hydrogen-bond acceptors (Lipinski definition) is 2. The zero-order valence-corrected chi connectivity index (χ0v) is 5.24. The Labute approximate surface area is 45.8 Å². The highest BCUT2D eigenvalue weighted by Gasteiger charge is 1.61. The molecule has 0 unspecified atom stereocenters. The van der Waals surface area contributed by atoms with Crippen molar-refractivity contribution in [3.63, 3.8) is 0 Å². The average molecular weight is 186 g/mol. The molecule has 0 aliphatic rings. The van der Waals surface area contributed by atoms with Gasteiger partial charge in [0, 0.05) is 29.4 Å². The van der Waals surface area contributed by atoms with Gasteiger partial charge in [-0.1, -0.05) is 6.92 Å². The normalized spacial score (nSPS) is 8.40. The lowest BCUT2D eigenvalue weighted by Gasteiger charge is -1.87. The largest absolute Gasteiger partial charge is 0.249 e. The summed E-state index contributed by atoms with van der Waals surface area (Å²) < 4.78 is 2.74. The lowest BCUT2D eigenvalue weighted by Crippen LogP contribution is -2.20. The maximum Gasteiger partial charge on any atom is 0.0334 e. The molecule has 32 valence electrons. The smallest absolute Gasteiger partial charge is 0.0334 e. The first-order valence-corrected chi connectivity index (χ1v) is 2.58. The monoisotopic (exact) mass is 186 g/mol. The highest BCUT2D eigenvalue weighted by atomic mass is 127. The van der Waals surface area contributed by atoms with E-state index >= 15 is 0 Å². The van der Waals surface area contributed by atoms with E-state index in [1.807, 2.05) is 29.8 Å². The summed E-state index contributed by atoms with van der Waals surface area (Å²) in [5.41, 5.74) is 2.85. The van der Waals surface area contributed by atoms with Crippen molar-refractivity contribution >= 4 is 22.9 Å². The van der Waals surface area contributed by atoms with Crippen molar-refractivity contribution < 1.29 is 0 Å². The average Bonchev–Trinajstić information content (AvgIpc) is 1.41. The summed E-state index contributed by atoms with van der Waals surface area (Å²) in [6.07, 6.45) is 0. The van der Waals surface area contributed by atoms with Crippen molar-refractivity contribution in [3.05, 3.63) is 0 Å². The van der Waals surface area contributed by atoms with Crippen molar-refractivity contribution in [2.75, 3.05) is 6.54 Å². The molecule has 2 N–H and O–H groups in total. The predicted molar refractivity (Wildman–Crippen MR) is 30.8 cm³/mol. The SMILES string of the molecule is CCNNI. The number of hydrogen-bond donors (Lipinski definition) is 2. The second kappa shape index (κ2) is 4.65. The molecule has 0 bridgehead atoms. The standard InChI is InChI=1S/C2H7IN2/c1-2-4-5-3/h4-5H,2H2,1H3. The molecule has 0 aromatic carbocycles. The molecule has 0 aromatic rings. The second-order valence-electron chi connectivity index (χ2n) is 0.625. The summed E-state index contributed by atoms with van der Waals surface area (Å²) in [5, 5.41) is 0. The Kier molecular flexibility index (Phi) is 5.25. The van der Waals surface area contributed by atoms with Gasteiger partial charge in [-0.2, -0.15) is 3.64 Å². The summed E-state index contributed by atoms with van der Waals surface area (Å²) in [6, 6.07) is 0. The quantitative estimate of drug-likeness (QED) is 0.371. The van der Waals surface area contributed by atoms with Crippen LogP contribution in [-0.2, 0) is 0 Å². The first-order chi connectivity index (χ1) is 2.41. The second-order valence-corrected chi connectivity index (χ2v) is 1.16. The van der Waals surface area contributed by atoms with Crippen LogP contribution in [0, 0.1) is 0 Å². The molecule has 0 aliphatic carbocycles. The van der Waals surface area contributed by atoms with Gasteiger partial charge in [0.15, 0.2) is 0 Å².